The average Bonchev–Trinajstić information content (AvgIpc) is 2.50. The average molecular weight is 306 g/mol. The van der Waals surface area contributed by atoms with Crippen LogP contribution in [0.3, 0.4) is 0 Å². The van der Waals surface area contributed by atoms with Gasteiger partial charge in [-0.2, -0.15) is 0 Å². The molecule has 2 heteroatoms. The van der Waals surface area contributed by atoms with Gasteiger partial charge in [0.1, 0.15) is 0 Å². The summed E-state index contributed by atoms with van der Waals surface area (Å²) in [5.41, 5.74) is 0. The van der Waals surface area contributed by atoms with Crippen LogP contribution in [-0.4, -0.2) is 11.1 Å². The maximum absolute atomic E-state index is 10.3. The lowest BCUT2D eigenvalue weighted by Gasteiger charge is -1.95. The van der Waals surface area contributed by atoms with Crippen molar-refractivity contribution in [2.45, 2.75) is 84.0 Å². The second-order valence-corrected chi connectivity index (χ2v) is 5.68. The highest BCUT2D eigenvalue weighted by Crippen LogP contribution is 2.06. The minimum atomic E-state index is -0.688. The fraction of sp³-hybridized carbons (Fsp3) is 0.650. The Morgan fingerprint density at radius 1 is 0.682 bits per heavy atom. The number of rotatable bonds is 15. The Bertz CT molecular complexity index is 327. The molecule has 0 radical (unpaired) electrons. The van der Waals surface area contributed by atoms with Crippen LogP contribution in [0.25, 0.3) is 0 Å². The quantitative estimate of drug-likeness (QED) is 0.279. The molecule has 0 aromatic rings. The van der Waals surface area contributed by atoms with Gasteiger partial charge in [-0.3, -0.25) is 4.79 Å². The highest BCUT2D eigenvalue weighted by molar-refractivity contribution is 5.66. The van der Waals surface area contributed by atoms with Crippen LogP contribution in [-0.2, 0) is 4.79 Å². The minimum absolute atomic E-state index is 0.297. The highest BCUT2D eigenvalue weighted by atomic mass is 16.4. The maximum Gasteiger partial charge on any atom is 0.303 e. The molecule has 0 aliphatic carbocycles. The number of aliphatic carboxylic acids is 1. The monoisotopic (exact) mass is 306 g/mol. The molecule has 0 saturated carbocycles. The lowest BCUT2D eigenvalue weighted by atomic mass is 10.1. The number of hydrogen-bond acceptors (Lipinski definition) is 1. The smallest absolute Gasteiger partial charge is 0.303 e. The summed E-state index contributed by atoms with van der Waals surface area (Å²) in [6.45, 7) is 2.18. The molecule has 0 aliphatic rings. The van der Waals surface area contributed by atoms with E-state index >= 15 is 0 Å². The van der Waals surface area contributed by atoms with E-state index in [4.69, 9.17) is 5.11 Å². The third-order valence-corrected chi connectivity index (χ3v) is 3.49. The van der Waals surface area contributed by atoms with Crippen LogP contribution in [0.1, 0.15) is 84.0 Å². The largest absolute Gasteiger partial charge is 0.481 e. The van der Waals surface area contributed by atoms with E-state index in [0.29, 0.717) is 6.42 Å². The summed E-state index contributed by atoms with van der Waals surface area (Å²) in [6.07, 6.45) is 26.3. The van der Waals surface area contributed by atoms with Crippen molar-refractivity contribution in [3.63, 3.8) is 0 Å². The highest BCUT2D eigenvalue weighted by Gasteiger charge is 1.94. The zero-order valence-electron chi connectivity index (χ0n) is 14.3. The van der Waals surface area contributed by atoms with Crippen LogP contribution in [0.5, 0.6) is 0 Å². The van der Waals surface area contributed by atoms with Crippen LogP contribution in [0.4, 0.5) is 0 Å². The topological polar surface area (TPSA) is 37.3 Å². The Hall–Kier alpha value is -1.31. The van der Waals surface area contributed by atoms with E-state index in [-0.39, 0.29) is 0 Å². The molecule has 2 nitrogen and oxygen atoms in total. The van der Waals surface area contributed by atoms with E-state index in [0.717, 1.165) is 38.5 Å². The maximum atomic E-state index is 10.3. The molecule has 0 saturated heterocycles. The second kappa shape index (κ2) is 17.7. The second-order valence-electron chi connectivity index (χ2n) is 5.68. The summed E-state index contributed by atoms with van der Waals surface area (Å²) in [7, 11) is 0. The van der Waals surface area contributed by atoms with E-state index in [1.165, 1.54) is 32.1 Å². The number of allylic oxidation sites excluding steroid dienone is 6. The van der Waals surface area contributed by atoms with E-state index < -0.39 is 5.97 Å². The molecule has 0 spiro atoms. The van der Waals surface area contributed by atoms with Crippen molar-refractivity contribution < 1.29 is 9.90 Å². The summed E-state index contributed by atoms with van der Waals surface area (Å²) in [5, 5.41) is 8.51. The van der Waals surface area contributed by atoms with Crippen LogP contribution in [0, 0.1) is 0 Å². The number of hydrogen-bond donors (Lipinski definition) is 1. The fourth-order valence-electron chi connectivity index (χ4n) is 2.19. The van der Waals surface area contributed by atoms with Crippen molar-refractivity contribution in [3.05, 3.63) is 36.5 Å². The summed E-state index contributed by atoms with van der Waals surface area (Å²) < 4.78 is 0. The van der Waals surface area contributed by atoms with Gasteiger partial charge in [0.15, 0.2) is 0 Å². The number of unbranched alkanes of at least 4 members (excludes halogenated alkanes) is 7. The van der Waals surface area contributed by atoms with E-state index in [2.05, 4.69) is 43.4 Å². The van der Waals surface area contributed by atoms with Gasteiger partial charge in [-0.15, -0.1) is 0 Å². The number of carboxylic acid groups (broad SMARTS) is 1. The van der Waals surface area contributed by atoms with Gasteiger partial charge in [-0.1, -0.05) is 49.8 Å². The zero-order valence-corrected chi connectivity index (χ0v) is 14.3. The molecule has 1 N–H and O–H groups in total. The first-order chi connectivity index (χ1) is 10.8. The molecule has 0 atom stereocenters. The Balaban J connectivity index is 3.23. The summed E-state index contributed by atoms with van der Waals surface area (Å²) in [4.78, 5) is 10.3. The van der Waals surface area contributed by atoms with Gasteiger partial charge >= 0.3 is 5.97 Å². The van der Waals surface area contributed by atoms with Gasteiger partial charge in [0.2, 0.25) is 0 Å². The first-order valence-corrected chi connectivity index (χ1v) is 8.94. The van der Waals surface area contributed by atoms with Crippen molar-refractivity contribution in [2.75, 3.05) is 0 Å². The molecule has 0 aromatic carbocycles. The summed E-state index contributed by atoms with van der Waals surface area (Å²) in [5.74, 6) is -0.688. The third kappa shape index (κ3) is 18.7. The molecule has 22 heavy (non-hydrogen) atoms. The van der Waals surface area contributed by atoms with E-state index in [1.54, 1.807) is 0 Å². The molecule has 0 aromatic heterocycles. The van der Waals surface area contributed by atoms with Gasteiger partial charge in [0.05, 0.1) is 0 Å². The van der Waals surface area contributed by atoms with Crippen molar-refractivity contribution >= 4 is 5.97 Å². The molecule has 0 unspecified atom stereocenters. The first kappa shape index (κ1) is 20.7. The standard InChI is InChI=1S/C20H34O2/c1-2-3-4-5-6-7-8-9-10-11-12-13-14-15-16-17-18-19-20(21)22/h3-4,10-11,14-15H,2,5-9,12-13,16-19H2,1H3,(H,21,22)/b4-3+,11-10+,15-14+. The predicted molar refractivity (Wildman–Crippen MR) is 96.1 cm³/mol. The molecule has 0 amide bonds. The van der Waals surface area contributed by atoms with Crippen molar-refractivity contribution in [1.82, 2.24) is 0 Å². The van der Waals surface area contributed by atoms with Crippen LogP contribution in [0.15, 0.2) is 36.5 Å². The number of carboxylic acids is 1. The van der Waals surface area contributed by atoms with Gasteiger partial charge in [0, 0.05) is 6.42 Å². The normalized spacial score (nSPS) is 12.0. The molecule has 0 aliphatic heterocycles. The summed E-state index contributed by atoms with van der Waals surface area (Å²) in [6, 6.07) is 0. The first-order valence-electron chi connectivity index (χ1n) is 8.94. The lowest BCUT2D eigenvalue weighted by Crippen LogP contribution is -1.92. The van der Waals surface area contributed by atoms with Crippen LogP contribution < -0.4 is 0 Å². The Morgan fingerprint density at radius 3 is 1.64 bits per heavy atom. The van der Waals surface area contributed by atoms with Crippen molar-refractivity contribution in [2.24, 2.45) is 0 Å². The van der Waals surface area contributed by atoms with Crippen molar-refractivity contribution in [1.29, 1.82) is 0 Å². The van der Waals surface area contributed by atoms with Gasteiger partial charge in [-0.05, 0) is 64.2 Å². The SMILES string of the molecule is CC/C=C/CCCCC/C=C/CC/C=C/CCCCC(=O)O. The zero-order chi connectivity index (χ0) is 16.3. The van der Waals surface area contributed by atoms with Crippen molar-refractivity contribution in [3.8, 4) is 0 Å². The van der Waals surface area contributed by atoms with Gasteiger partial charge < -0.3 is 5.11 Å². The molecular weight excluding hydrogens is 272 g/mol. The Morgan fingerprint density at radius 2 is 1.14 bits per heavy atom. The molecule has 0 bridgehead atoms. The molecule has 0 fully saturated rings. The number of carbonyl (C=O) groups is 1. The lowest BCUT2D eigenvalue weighted by molar-refractivity contribution is -0.137. The van der Waals surface area contributed by atoms with Gasteiger partial charge in [0.25, 0.3) is 0 Å². The van der Waals surface area contributed by atoms with E-state index in [9.17, 15) is 4.79 Å². The Kier molecular flexibility index (Phi) is 16.7. The summed E-state index contributed by atoms with van der Waals surface area (Å²) >= 11 is 0. The molecular formula is C20H34O2. The van der Waals surface area contributed by atoms with Gasteiger partial charge in [-0.25, -0.2) is 0 Å². The predicted octanol–water partition coefficient (Wildman–Crippen LogP) is 6.44. The Labute approximate surface area is 137 Å². The van der Waals surface area contributed by atoms with Crippen LogP contribution in [0.2, 0.25) is 0 Å². The van der Waals surface area contributed by atoms with E-state index in [1.807, 2.05) is 0 Å². The fourth-order valence-corrected chi connectivity index (χ4v) is 2.19. The third-order valence-electron chi connectivity index (χ3n) is 3.49. The molecule has 0 rings (SSSR count). The van der Waals surface area contributed by atoms with Crippen LogP contribution >= 0.6 is 0 Å². The molecule has 0 heterocycles. The minimum Gasteiger partial charge on any atom is -0.481 e. The molecule has 126 valence electrons.